The van der Waals surface area contributed by atoms with Gasteiger partial charge in [-0.25, -0.2) is 13.2 Å². The molecule has 2 rings (SSSR count). The van der Waals surface area contributed by atoms with Gasteiger partial charge in [0, 0.05) is 6.04 Å². The number of sulfone groups is 1. The van der Waals surface area contributed by atoms with Crippen molar-refractivity contribution in [1.29, 1.82) is 0 Å². The minimum absolute atomic E-state index is 0.0380. The van der Waals surface area contributed by atoms with Crippen LogP contribution in [0.4, 0.5) is 0 Å². The molecule has 0 bridgehead atoms. The Morgan fingerprint density at radius 1 is 1.27 bits per heavy atom. The van der Waals surface area contributed by atoms with E-state index in [1.165, 1.54) is 33.3 Å². The van der Waals surface area contributed by atoms with Gasteiger partial charge in [0.25, 0.3) is 5.91 Å². The highest BCUT2D eigenvalue weighted by Crippen LogP contribution is 2.36. The van der Waals surface area contributed by atoms with Crippen molar-refractivity contribution in [3.63, 3.8) is 0 Å². The lowest BCUT2D eigenvalue weighted by molar-refractivity contribution is -0.129. The minimum Gasteiger partial charge on any atom is -0.493 e. The van der Waals surface area contributed by atoms with Gasteiger partial charge in [-0.2, -0.15) is 0 Å². The van der Waals surface area contributed by atoms with Crippen molar-refractivity contribution < 1.29 is 32.2 Å². The molecule has 1 saturated heterocycles. The Bertz CT molecular complexity index is 809. The highest BCUT2D eigenvalue weighted by Gasteiger charge is 2.31. The minimum atomic E-state index is -3.11. The number of halogens is 1. The van der Waals surface area contributed by atoms with Gasteiger partial charge in [-0.3, -0.25) is 4.79 Å². The molecule has 1 N–H and O–H groups in total. The lowest BCUT2D eigenvalue weighted by Crippen LogP contribution is -2.42. The Morgan fingerprint density at radius 2 is 1.96 bits per heavy atom. The monoisotopic (exact) mass is 405 g/mol. The predicted molar refractivity (Wildman–Crippen MR) is 94.6 cm³/mol. The summed E-state index contributed by atoms with van der Waals surface area (Å²) in [7, 11) is -0.303. The van der Waals surface area contributed by atoms with Gasteiger partial charge in [-0.15, -0.1) is 0 Å². The number of benzene rings is 1. The van der Waals surface area contributed by atoms with Crippen LogP contribution in [0.1, 0.15) is 23.7 Å². The van der Waals surface area contributed by atoms with E-state index in [2.05, 4.69) is 5.32 Å². The second-order valence-electron chi connectivity index (χ2n) is 5.85. The van der Waals surface area contributed by atoms with Crippen molar-refractivity contribution in [3.8, 4) is 11.5 Å². The van der Waals surface area contributed by atoms with Crippen LogP contribution in [0.5, 0.6) is 11.5 Å². The SMILES string of the molecule is COc1cc(C(=O)O[C@@H](C)C(=O)N[C@H]2CCS(=O)(=O)C2)cc(Cl)c1OC. The van der Waals surface area contributed by atoms with Crippen LogP contribution in [0.3, 0.4) is 0 Å². The van der Waals surface area contributed by atoms with Gasteiger partial charge in [0.1, 0.15) is 0 Å². The number of nitrogens with one attached hydrogen (secondary N) is 1. The first kappa shape index (κ1) is 20.3. The molecule has 1 aromatic rings. The largest absolute Gasteiger partial charge is 0.493 e. The van der Waals surface area contributed by atoms with Gasteiger partial charge in [0.15, 0.2) is 27.4 Å². The maximum atomic E-state index is 12.3. The smallest absolute Gasteiger partial charge is 0.339 e. The molecular weight excluding hydrogens is 386 g/mol. The van der Waals surface area contributed by atoms with Crippen molar-refractivity contribution in [2.75, 3.05) is 25.7 Å². The maximum Gasteiger partial charge on any atom is 0.339 e. The molecule has 1 heterocycles. The summed E-state index contributed by atoms with van der Waals surface area (Å²) in [6.07, 6.45) is -0.752. The first-order valence-corrected chi connectivity index (χ1v) is 10.00. The average Bonchev–Trinajstić information content (AvgIpc) is 2.92. The van der Waals surface area contributed by atoms with Crippen LogP contribution in [0.15, 0.2) is 12.1 Å². The number of hydrogen-bond donors (Lipinski definition) is 1. The van der Waals surface area contributed by atoms with Crippen LogP contribution in [0.25, 0.3) is 0 Å². The van der Waals surface area contributed by atoms with E-state index in [0.717, 1.165) is 0 Å². The van der Waals surface area contributed by atoms with Gasteiger partial charge in [-0.1, -0.05) is 11.6 Å². The fraction of sp³-hybridized carbons (Fsp3) is 0.500. The Kier molecular flexibility index (Phi) is 6.35. The summed E-state index contributed by atoms with van der Waals surface area (Å²) in [5.74, 6) is -0.873. The van der Waals surface area contributed by atoms with Crippen LogP contribution in [0.2, 0.25) is 5.02 Å². The Morgan fingerprint density at radius 3 is 2.50 bits per heavy atom. The maximum absolute atomic E-state index is 12.3. The van der Waals surface area contributed by atoms with Crippen molar-refractivity contribution in [2.45, 2.75) is 25.5 Å². The Labute approximate surface area is 156 Å². The van der Waals surface area contributed by atoms with E-state index in [0.29, 0.717) is 6.42 Å². The second kappa shape index (κ2) is 8.13. The molecule has 1 aliphatic heterocycles. The average molecular weight is 406 g/mol. The van der Waals surface area contributed by atoms with E-state index in [1.54, 1.807) is 0 Å². The summed E-state index contributed by atoms with van der Waals surface area (Å²) in [6, 6.07) is 2.27. The zero-order valence-electron chi connectivity index (χ0n) is 14.6. The van der Waals surface area contributed by atoms with E-state index in [4.69, 9.17) is 25.8 Å². The number of rotatable bonds is 6. The molecule has 0 aromatic heterocycles. The van der Waals surface area contributed by atoms with Gasteiger partial charge < -0.3 is 19.5 Å². The predicted octanol–water partition coefficient (Wildman–Crippen LogP) is 1.21. The summed E-state index contributed by atoms with van der Waals surface area (Å²) in [5.41, 5.74) is 0.0933. The number of hydrogen-bond acceptors (Lipinski definition) is 7. The third kappa shape index (κ3) is 4.79. The Balaban J connectivity index is 2.02. The molecule has 0 radical (unpaired) electrons. The number of amides is 1. The normalized spacial score (nSPS) is 19.5. The Hall–Kier alpha value is -2.00. The van der Waals surface area contributed by atoms with Crippen LogP contribution in [0, 0.1) is 0 Å². The summed E-state index contributed by atoms with van der Waals surface area (Å²) in [5, 5.41) is 2.74. The first-order valence-electron chi connectivity index (χ1n) is 7.80. The lowest BCUT2D eigenvalue weighted by atomic mass is 10.2. The van der Waals surface area contributed by atoms with Gasteiger partial charge in [0.05, 0.1) is 36.3 Å². The van der Waals surface area contributed by atoms with Crippen molar-refractivity contribution >= 4 is 33.3 Å². The van der Waals surface area contributed by atoms with E-state index >= 15 is 0 Å². The highest BCUT2D eigenvalue weighted by molar-refractivity contribution is 7.91. The molecule has 1 amide bonds. The van der Waals surface area contributed by atoms with Gasteiger partial charge >= 0.3 is 5.97 Å². The quantitative estimate of drug-likeness (QED) is 0.708. The van der Waals surface area contributed by atoms with Crippen LogP contribution >= 0.6 is 11.6 Å². The molecule has 0 aliphatic carbocycles. The molecule has 26 heavy (non-hydrogen) atoms. The fourth-order valence-corrected chi connectivity index (χ4v) is 4.51. The van der Waals surface area contributed by atoms with Gasteiger partial charge in [-0.05, 0) is 25.5 Å². The van der Waals surface area contributed by atoms with Gasteiger partial charge in [0.2, 0.25) is 0 Å². The second-order valence-corrected chi connectivity index (χ2v) is 8.49. The first-order chi connectivity index (χ1) is 12.2. The number of methoxy groups -OCH3 is 2. The van der Waals surface area contributed by atoms with E-state index in [9.17, 15) is 18.0 Å². The molecule has 2 atom stereocenters. The van der Waals surface area contributed by atoms with Crippen LogP contribution < -0.4 is 14.8 Å². The molecule has 8 nitrogen and oxygen atoms in total. The van der Waals surface area contributed by atoms with Crippen LogP contribution in [-0.4, -0.2) is 58.2 Å². The molecule has 1 aromatic carbocycles. The summed E-state index contributed by atoms with van der Waals surface area (Å²) in [6.45, 7) is 1.40. The van der Waals surface area contributed by atoms with Crippen molar-refractivity contribution in [3.05, 3.63) is 22.7 Å². The fourth-order valence-electron chi connectivity index (χ4n) is 2.55. The zero-order valence-corrected chi connectivity index (χ0v) is 16.1. The third-order valence-electron chi connectivity index (χ3n) is 3.90. The number of carbonyl (C=O) groups is 2. The number of esters is 1. The van der Waals surface area contributed by atoms with Crippen molar-refractivity contribution in [2.24, 2.45) is 0 Å². The van der Waals surface area contributed by atoms with Crippen LogP contribution in [-0.2, 0) is 19.4 Å². The summed E-state index contributed by atoms with van der Waals surface area (Å²) < 4.78 is 38.2. The topological polar surface area (TPSA) is 108 Å². The molecule has 1 fully saturated rings. The molecule has 10 heteroatoms. The molecule has 0 spiro atoms. The molecule has 144 valence electrons. The molecule has 0 saturated carbocycles. The number of carbonyl (C=O) groups excluding carboxylic acids is 2. The van der Waals surface area contributed by atoms with E-state index in [-0.39, 0.29) is 33.6 Å². The molecule has 1 aliphatic rings. The zero-order chi connectivity index (χ0) is 19.5. The van der Waals surface area contributed by atoms with Crippen molar-refractivity contribution in [1.82, 2.24) is 5.32 Å². The lowest BCUT2D eigenvalue weighted by Gasteiger charge is -2.17. The van der Waals surface area contributed by atoms with E-state index < -0.39 is 33.9 Å². The third-order valence-corrected chi connectivity index (χ3v) is 5.95. The number of ether oxygens (including phenoxy) is 3. The standard InChI is InChI=1S/C16H20ClNO7S/c1-9(15(19)18-11-4-5-26(21,22)8-11)25-16(20)10-6-12(17)14(24-3)13(7-10)23-2/h6-7,9,11H,4-5,8H2,1-3H3,(H,18,19)/t9-,11-/m0/s1. The molecule has 0 unspecified atom stereocenters. The molecular formula is C16H20ClNO7S. The highest BCUT2D eigenvalue weighted by atomic mass is 35.5. The summed E-state index contributed by atoms with van der Waals surface area (Å²) >= 11 is 6.05. The van der Waals surface area contributed by atoms with E-state index in [1.807, 2.05) is 0 Å². The summed E-state index contributed by atoms with van der Waals surface area (Å²) in [4.78, 5) is 24.4.